The number of ether oxygens (including phenoxy) is 1. The third-order valence-corrected chi connectivity index (χ3v) is 4.37. The van der Waals surface area contributed by atoms with Crippen molar-refractivity contribution in [3.05, 3.63) is 65.1 Å². The van der Waals surface area contributed by atoms with Gasteiger partial charge in [0.15, 0.2) is 5.82 Å². The van der Waals surface area contributed by atoms with Gasteiger partial charge in [0.2, 0.25) is 0 Å². The van der Waals surface area contributed by atoms with Crippen molar-refractivity contribution in [2.75, 3.05) is 7.11 Å². The minimum Gasteiger partial charge on any atom is -0.377 e. The molecule has 0 atom stereocenters. The number of fused-ring (bicyclic) bond motifs is 4. The van der Waals surface area contributed by atoms with Crippen molar-refractivity contribution in [1.29, 1.82) is 0 Å². The molecule has 26 heavy (non-hydrogen) atoms. The van der Waals surface area contributed by atoms with Crippen molar-refractivity contribution in [3.63, 3.8) is 0 Å². The SMILES string of the molecule is COCc1nc2ncc3c(=O)n(-c4ccc5[nH]ccc5c4)ccc3n2n1. The molecule has 0 unspecified atom stereocenters. The maximum absolute atomic E-state index is 13.0. The second kappa shape index (κ2) is 5.50. The van der Waals surface area contributed by atoms with Crippen molar-refractivity contribution in [1.82, 2.24) is 29.1 Å². The molecule has 0 aliphatic heterocycles. The first kappa shape index (κ1) is 14.8. The summed E-state index contributed by atoms with van der Waals surface area (Å²) in [5.41, 5.74) is 2.33. The van der Waals surface area contributed by atoms with Gasteiger partial charge in [0.05, 0.1) is 10.9 Å². The van der Waals surface area contributed by atoms with Crippen LogP contribution in [0.1, 0.15) is 5.82 Å². The Morgan fingerprint density at radius 3 is 3.04 bits per heavy atom. The van der Waals surface area contributed by atoms with E-state index in [1.807, 2.05) is 36.5 Å². The summed E-state index contributed by atoms with van der Waals surface area (Å²) in [5, 5.41) is 5.89. The Morgan fingerprint density at radius 1 is 1.23 bits per heavy atom. The van der Waals surface area contributed by atoms with Gasteiger partial charge in [-0.15, -0.1) is 5.10 Å². The molecule has 128 valence electrons. The molecule has 5 rings (SSSR count). The molecule has 0 saturated carbocycles. The normalized spacial score (nSPS) is 11.7. The third kappa shape index (κ3) is 2.12. The number of aromatic nitrogens is 6. The maximum Gasteiger partial charge on any atom is 0.266 e. The third-order valence-electron chi connectivity index (χ3n) is 4.37. The highest BCUT2D eigenvalue weighted by Gasteiger charge is 2.12. The first-order chi connectivity index (χ1) is 12.7. The molecule has 4 aromatic heterocycles. The molecule has 1 N–H and O–H groups in total. The van der Waals surface area contributed by atoms with Gasteiger partial charge in [0.1, 0.15) is 6.61 Å². The molecule has 8 nitrogen and oxygen atoms in total. The highest BCUT2D eigenvalue weighted by atomic mass is 16.5. The van der Waals surface area contributed by atoms with Crippen LogP contribution >= 0.6 is 0 Å². The largest absolute Gasteiger partial charge is 0.377 e. The standard InChI is InChI=1S/C18H14N6O2/c1-26-10-16-21-18-20-9-13-15(24(18)22-16)5-7-23(17(13)25)12-2-3-14-11(8-12)4-6-19-14/h2-9,19H,10H2,1H3. The second-order valence-electron chi connectivity index (χ2n) is 5.97. The molecule has 0 fully saturated rings. The molecule has 5 aromatic rings. The summed E-state index contributed by atoms with van der Waals surface area (Å²) in [6.45, 7) is 0.290. The Kier molecular flexibility index (Phi) is 3.13. The molecular formula is C18H14N6O2. The lowest BCUT2D eigenvalue weighted by Crippen LogP contribution is -2.18. The van der Waals surface area contributed by atoms with Gasteiger partial charge in [0.25, 0.3) is 11.3 Å². The predicted molar refractivity (Wildman–Crippen MR) is 96.5 cm³/mol. The zero-order chi connectivity index (χ0) is 17.7. The van der Waals surface area contributed by atoms with Gasteiger partial charge in [-0.2, -0.15) is 9.50 Å². The fourth-order valence-corrected chi connectivity index (χ4v) is 3.14. The summed E-state index contributed by atoms with van der Waals surface area (Å²) in [4.78, 5) is 24.7. The minimum atomic E-state index is -0.157. The van der Waals surface area contributed by atoms with E-state index in [1.165, 1.54) is 0 Å². The second-order valence-corrected chi connectivity index (χ2v) is 5.97. The van der Waals surface area contributed by atoms with Crippen molar-refractivity contribution < 1.29 is 4.74 Å². The number of methoxy groups -OCH3 is 1. The summed E-state index contributed by atoms with van der Waals surface area (Å²) < 4.78 is 8.24. The van der Waals surface area contributed by atoms with Gasteiger partial charge in [-0.1, -0.05) is 0 Å². The first-order valence-corrected chi connectivity index (χ1v) is 8.07. The van der Waals surface area contributed by atoms with E-state index in [0.29, 0.717) is 29.1 Å². The lowest BCUT2D eigenvalue weighted by molar-refractivity contribution is 0.178. The first-order valence-electron chi connectivity index (χ1n) is 8.07. The molecule has 0 aliphatic carbocycles. The number of nitrogens with one attached hydrogen (secondary N) is 1. The Bertz CT molecular complexity index is 1330. The highest BCUT2D eigenvalue weighted by molar-refractivity contribution is 5.82. The summed E-state index contributed by atoms with van der Waals surface area (Å²) >= 11 is 0. The zero-order valence-corrected chi connectivity index (χ0v) is 13.9. The van der Waals surface area contributed by atoms with E-state index in [4.69, 9.17) is 4.74 Å². The van der Waals surface area contributed by atoms with Crippen LogP contribution in [0.15, 0.2) is 53.7 Å². The Balaban J connectivity index is 1.73. The molecule has 8 heteroatoms. The van der Waals surface area contributed by atoms with Crippen LogP contribution in [0.3, 0.4) is 0 Å². The van der Waals surface area contributed by atoms with E-state index in [9.17, 15) is 4.79 Å². The monoisotopic (exact) mass is 346 g/mol. The number of nitrogens with zero attached hydrogens (tertiary/aromatic N) is 5. The molecule has 0 spiro atoms. The summed E-state index contributed by atoms with van der Waals surface area (Å²) in [6, 6.07) is 9.65. The molecular weight excluding hydrogens is 332 g/mol. The number of rotatable bonds is 3. The minimum absolute atomic E-state index is 0.157. The number of benzene rings is 1. The van der Waals surface area contributed by atoms with Gasteiger partial charge in [-0.05, 0) is 30.3 Å². The number of hydrogen-bond donors (Lipinski definition) is 1. The van der Waals surface area contributed by atoms with Crippen LogP contribution in [0.5, 0.6) is 0 Å². The van der Waals surface area contributed by atoms with Gasteiger partial charge < -0.3 is 9.72 Å². The fraction of sp³-hybridized carbons (Fsp3) is 0.111. The number of hydrogen-bond acceptors (Lipinski definition) is 5. The Hall–Kier alpha value is -3.52. The predicted octanol–water partition coefficient (Wildman–Crippen LogP) is 2.06. The smallest absolute Gasteiger partial charge is 0.266 e. The van der Waals surface area contributed by atoms with Crippen LogP contribution in [-0.4, -0.2) is 36.2 Å². The van der Waals surface area contributed by atoms with Crippen LogP contribution in [0.25, 0.3) is 33.3 Å². The van der Waals surface area contributed by atoms with Crippen molar-refractivity contribution in [2.45, 2.75) is 6.61 Å². The summed E-state index contributed by atoms with van der Waals surface area (Å²) in [7, 11) is 1.58. The van der Waals surface area contributed by atoms with Crippen LogP contribution in [-0.2, 0) is 11.3 Å². The van der Waals surface area contributed by atoms with Crippen LogP contribution in [0.4, 0.5) is 0 Å². The molecule has 0 aliphatic rings. The van der Waals surface area contributed by atoms with Crippen molar-refractivity contribution in [2.24, 2.45) is 0 Å². The highest BCUT2D eigenvalue weighted by Crippen LogP contribution is 2.18. The van der Waals surface area contributed by atoms with Crippen LogP contribution < -0.4 is 5.56 Å². The van der Waals surface area contributed by atoms with Crippen molar-refractivity contribution in [3.8, 4) is 5.69 Å². The molecule has 0 saturated heterocycles. The van der Waals surface area contributed by atoms with E-state index in [2.05, 4.69) is 20.1 Å². The molecule has 1 aromatic carbocycles. The van der Waals surface area contributed by atoms with E-state index in [0.717, 1.165) is 16.6 Å². The Labute approximate surface area is 146 Å². The zero-order valence-electron chi connectivity index (χ0n) is 13.9. The lowest BCUT2D eigenvalue weighted by Gasteiger charge is -2.08. The van der Waals surface area contributed by atoms with Crippen LogP contribution in [0, 0.1) is 0 Å². The Morgan fingerprint density at radius 2 is 2.15 bits per heavy atom. The topological polar surface area (TPSA) is 90.1 Å². The van der Waals surface area contributed by atoms with Gasteiger partial charge in [-0.25, -0.2) is 4.98 Å². The fourth-order valence-electron chi connectivity index (χ4n) is 3.14. The molecule has 0 radical (unpaired) electrons. The van der Waals surface area contributed by atoms with E-state index in [-0.39, 0.29) is 5.56 Å². The van der Waals surface area contributed by atoms with E-state index in [1.54, 1.807) is 28.6 Å². The molecule has 4 heterocycles. The van der Waals surface area contributed by atoms with Crippen LogP contribution in [0.2, 0.25) is 0 Å². The summed E-state index contributed by atoms with van der Waals surface area (Å²) in [5.74, 6) is 0.963. The number of pyridine rings is 1. The average molecular weight is 346 g/mol. The lowest BCUT2D eigenvalue weighted by atomic mass is 10.2. The van der Waals surface area contributed by atoms with E-state index >= 15 is 0 Å². The van der Waals surface area contributed by atoms with Crippen molar-refractivity contribution >= 4 is 27.6 Å². The van der Waals surface area contributed by atoms with Gasteiger partial charge in [-0.3, -0.25) is 9.36 Å². The van der Waals surface area contributed by atoms with Gasteiger partial charge in [0, 0.05) is 42.3 Å². The quantitative estimate of drug-likeness (QED) is 0.540. The number of H-pyrrole nitrogens is 1. The average Bonchev–Trinajstić information content (AvgIpc) is 3.27. The van der Waals surface area contributed by atoms with Gasteiger partial charge >= 0.3 is 0 Å². The van der Waals surface area contributed by atoms with E-state index < -0.39 is 0 Å². The molecule has 0 amide bonds. The maximum atomic E-state index is 13.0. The molecule has 0 bridgehead atoms. The number of aromatic amines is 1. The summed E-state index contributed by atoms with van der Waals surface area (Å²) in [6.07, 6.45) is 5.17.